The van der Waals surface area contributed by atoms with Crippen LogP contribution in [-0.4, -0.2) is 18.2 Å². The summed E-state index contributed by atoms with van der Waals surface area (Å²) in [7, 11) is 1.67. The van der Waals surface area contributed by atoms with Crippen molar-refractivity contribution in [2.24, 2.45) is 5.92 Å². The SMILES string of the molecule is COc1ccccc1CC1CCCC/C1=C\C(=O)O. The Bertz CT molecular complexity index is 477. The summed E-state index contributed by atoms with van der Waals surface area (Å²) in [5.41, 5.74) is 2.23. The van der Waals surface area contributed by atoms with Crippen LogP contribution < -0.4 is 4.74 Å². The molecule has 0 aliphatic heterocycles. The molecule has 1 unspecified atom stereocenters. The number of hydrogen-bond acceptors (Lipinski definition) is 2. The summed E-state index contributed by atoms with van der Waals surface area (Å²) in [6.07, 6.45) is 6.52. The minimum absolute atomic E-state index is 0.334. The maximum atomic E-state index is 10.9. The molecule has 1 atom stereocenters. The molecule has 0 bridgehead atoms. The van der Waals surface area contributed by atoms with E-state index in [9.17, 15) is 4.79 Å². The van der Waals surface area contributed by atoms with Crippen LogP contribution in [0.4, 0.5) is 0 Å². The van der Waals surface area contributed by atoms with Crippen molar-refractivity contribution >= 4 is 5.97 Å². The Morgan fingerprint density at radius 1 is 1.42 bits per heavy atom. The molecule has 3 heteroatoms. The van der Waals surface area contributed by atoms with Crippen molar-refractivity contribution in [2.75, 3.05) is 7.11 Å². The molecule has 3 nitrogen and oxygen atoms in total. The third kappa shape index (κ3) is 3.60. The highest BCUT2D eigenvalue weighted by atomic mass is 16.5. The normalized spacial score (nSPS) is 21.3. The van der Waals surface area contributed by atoms with E-state index in [0.29, 0.717) is 5.92 Å². The number of methoxy groups -OCH3 is 1. The fourth-order valence-corrected chi connectivity index (χ4v) is 2.83. The van der Waals surface area contributed by atoms with Gasteiger partial charge in [0.2, 0.25) is 0 Å². The molecule has 1 saturated carbocycles. The highest BCUT2D eigenvalue weighted by molar-refractivity contribution is 5.80. The lowest BCUT2D eigenvalue weighted by molar-refractivity contribution is -0.131. The van der Waals surface area contributed by atoms with E-state index in [1.807, 2.05) is 18.2 Å². The topological polar surface area (TPSA) is 46.5 Å². The minimum atomic E-state index is -0.832. The number of para-hydroxylation sites is 1. The Kier molecular flexibility index (Phi) is 4.61. The van der Waals surface area contributed by atoms with E-state index < -0.39 is 5.97 Å². The molecule has 0 spiro atoms. The largest absolute Gasteiger partial charge is 0.496 e. The Morgan fingerprint density at radius 3 is 2.95 bits per heavy atom. The molecule has 0 heterocycles. The van der Waals surface area contributed by atoms with Gasteiger partial charge >= 0.3 is 5.97 Å². The van der Waals surface area contributed by atoms with E-state index in [2.05, 4.69) is 6.07 Å². The Hall–Kier alpha value is -1.77. The molecule has 1 aliphatic rings. The van der Waals surface area contributed by atoms with Gasteiger partial charge in [-0.3, -0.25) is 0 Å². The van der Waals surface area contributed by atoms with Crippen LogP contribution >= 0.6 is 0 Å². The molecule has 1 aromatic carbocycles. The predicted molar refractivity (Wildman–Crippen MR) is 74.4 cm³/mol. The Balaban J connectivity index is 2.17. The molecule has 0 saturated heterocycles. The second kappa shape index (κ2) is 6.41. The first kappa shape index (κ1) is 13.7. The summed E-state index contributed by atoms with van der Waals surface area (Å²) in [6, 6.07) is 7.98. The van der Waals surface area contributed by atoms with Crippen molar-refractivity contribution in [2.45, 2.75) is 32.1 Å². The summed E-state index contributed by atoms with van der Waals surface area (Å²) in [5.74, 6) is 0.394. The van der Waals surface area contributed by atoms with Crippen molar-refractivity contribution in [1.29, 1.82) is 0 Å². The van der Waals surface area contributed by atoms with Gasteiger partial charge in [-0.1, -0.05) is 30.2 Å². The standard InChI is InChI=1S/C16H20O3/c1-19-15-9-5-4-8-14(15)10-12-6-2-3-7-13(12)11-16(17)18/h4-5,8-9,11-12H,2-3,6-7,10H2,1H3,(H,17,18)/b13-11+. The Morgan fingerprint density at radius 2 is 2.21 bits per heavy atom. The molecule has 1 N–H and O–H groups in total. The van der Waals surface area contributed by atoms with Gasteiger partial charge in [-0.25, -0.2) is 4.79 Å². The first-order valence-corrected chi connectivity index (χ1v) is 6.76. The maximum absolute atomic E-state index is 10.9. The number of benzene rings is 1. The monoisotopic (exact) mass is 260 g/mol. The van der Waals surface area contributed by atoms with Gasteiger partial charge in [-0.2, -0.15) is 0 Å². The first-order chi connectivity index (χ1) is 9.20. The van der Waals surface area contributed by atoms with E-state index >= 15 is 0 Å². The summed E-state index contributed by atoms with van der Waals surface area (Å²) in [4.78, 5) is 10.9. The summed E-state index contributed by atoms with van der Waals surface area (Å²) in [6.45, 7) is 0. The highest BCUT2D eigenvalue weighted by Crippen LogP contribution is 2.33. The van der Waals surface area contributed by atoms with E-state index in [1.54, 1.807) is 7.11 Å². The smallest absolute Gasteiger partial charge is 0.328 e. The fraction of sp³-hybridized carbons (Fsp3) is 0.438. The molecule has 0 aromatic heterocycles. The van der Waals surface area contributed by atoms with Gasteiger partial charge in [0, 0.05) is 6.08 Å². The number of carboxylic acids is 1. The highest BCUT2D eigenvalue weighted by Gasteiger charge is 2.21. The van der Waals surface area contributed by atoms with E-state index in [4.69, 9.17) is 9.84 Å². The summed E-state index contributed by atoms with van der Waals surface area (Å²) >= 11 is 0. The molecule has 1 fully saturated rings. The van der Waals surface area contributed by atoms with Gasteiger partial charge in [0.1, 0.15) is 5.75 Å². The van der Waals surface area contributed by atoms with Gasteiger partial charge in [0.15, 0.2) is 0 Å². The number of aliphatic carboxylic acids is 1. The van der Waals surface area contributed by atoms with Crippen LogP contribution in [0.1, 0.15) is 31.2 Å². The van der Waals surface area contributed by atoms with Gasteiger partial charge < -0.3 is 9.84 Å². The molecule has 1 aromatic rings. The third-order valence-corrected chi connectivity index (χ3v) is 3.76. The van der Waals surface area contributed by atoms with Crippen LogP contribution in [0.15, 0.2) is 35.9 Å². The second-order valence-corrected chi connectivity index (χ2v) is 5.02. The maximum Gasteiger partial charge on any atom is 0.328 e. The second-order valence-electron chi connectivity index (χ2n) is 5.02. The minimum Gasteiger partial charge on any atom is -0.496 e. The van der Waals surface area contributed by atoms with Crippen LogP contribution in [0.25, 0.3) is 0 Å². The van der Waals surface area contributed by atoms with Crippen molar-refractivity contribution in [1.82, 2.24) is 0 Å². The summed E-state index contributed by atoms with van der Waals surface area (Å²) in [5, 5.41) is 8.95. The van der Waals surface area contributed by atoms with E-state index in [1.165, 1.54) is 12.5 Å². The van der Waals surface area contributed by atoms with Crippen molar-refractivity contribution in [3.63, 3.8) is 0 Å². The summed E-state index contributed by atoms with van der Waals surface area (Å²) < 4.78 is 5.37. The van der Waals surface area contributed by atoms with Gasteiger partial charge in [-0.05, 0) is 43.2 Å². The molecule has 2 rings (SSSR count). The number of carboxylic acid groups (broad SMARTS) is 1. The van der Waals surface area contributed by atoms with Crippen LogP contribution in [0.5, 0.6) is 5.75 Å². The average Bonchev–Trinajstić information content (AvgIpc) is 2.41. The van der Waals surface area contributed by atoms with Gasteiger partial charge in [-0.15, -0.1) is 0 Å². The molecule has 1 aliphatic carbocycles. The van der Waals surface area contributed by atoms with Crippen LogP contribution in [-0.2, 0) is 11.2 Å². The van der Waals surface area contributed by atoms with Gasteiger partial charge in [0.25, 0.3) is 0 Å². The first-order valence-electron chi connectivity index (χ1n) is 6.76. The number of rotatable bonds is 4. The molecule has 0 amide bonds. The fourth-order valence-electron chi connectivity index (χ4n) is 2.83. The van der Waals surface area contributed by atoms with Crippen LogP contribution in [0.3, 0.4) is 0 Å². The lowest BCUT2D eigenvalue weighted by atomic mass is 9.80. The van der Waals surface area contributed by atoms with Crippen LogP contribution in [0, 0.1) is 5.92 Å². The Labute approximate surface area is 113 Å². The molecule has 102 valence electrons. The number of carbonyl (C=O) groups is 1. The lowest BCUT2D eigenvalue weighted by Gasteiger charge is -2.25. The third-order valence-electron chi connectivity index (χ3n) is 3.76. The molecular formula is C16H20O3. The van der Waals surface area contributed by atoms with Crippen LogP contribution in [0.2, 0.25) is 0 Å². The zero-order chi connectivity index (χ0) is 13.7. The molecule has 0 radical (unpaired) electrons. The van der Waals surface area contributed by atoms with E-state index in [0.717, 1.165) is 42.6 Å². The van der Waals surface area contributed by atoms with Crippen molar-refractivity contribution in [3.8, 4) is 5.75 Å². The predicted octanol–water partition coefficient (Wildman–Crippen LogP) is 3.44. The number of ether oxygens (including phenoxy) is 1. The van der Waals surface area contributed by atoms with Crippen molar-refractivity contribution < 1.29 is 14.6 Å². The van der Waals surface area contributed by atoms with E-state index in [-0.39, 0.29) is 0 Å². The molecular weight excluding hydrogens is 240 g/mol. The zero-order valence-corrected chi connectivity index (χ0v) is 11.3. The molecule has 19 heavy (non-hydrogen) atoms. The lowest BCUT2D eigenvalue weighted by Crippen LogP contribution is -2.14. The van der Waals surface area contributed by atoms with Crippen molar-refractivity contribution in [3.05, 3.63) is 41.5 Å². The van der Waals surface area contributed by atoms with Gasteiger partial charge in [0.05, 0.1) is 7.11 Å². The zero-order valence-electron chi connectivity index (χ0n) is 11.3. The quantitative estimate of drug-likeness (QED) is 0.843. The number of hydrogen-bond donors (Lipinski definition) is 1. The number of allylic oxidation sites excluding steroid dienone is 1. The average molecular weight is 260 g/mol.